The van der Waals surface area contributed by atoms with E-state index < -0.39 is 10.0 Å². The third-order valence-electron chi connectivity index (χ3n) is 4.62. The van der Waals surface area contributed by atoms with Crippen molar-refractivity contribution in [3.63, 3.8) is 0 Å². The summed E-state index contributed by atoms with van der Waals surface area (Å²) in [7, 11) is -1.56. The van der Waals surface area contributed by atoms with Crippen molar-refractivity contribution in [2.45, 2.75) is 13.0 Å². The van der Waals surface area contributed by atoms with Gasteiger partial charge in [-0.3, -0.25) is 9.52 Å². The number of carbonyl (C=O) groups is 1. The van der Waals surface area contributed by atoms with Gasteiger partial charge < -0.3 is 4.90 Å². The van der Waals surface area contributed by atoms with Crippen LogP contribution in [-0.4, -0.2) is 47.3 Å². The molecule has 30 heavy (non-hydrogen) atoms. The van der Waals surface area contributed by atoms with E-state index in [0.29, 0.717) is 5.69 Å². The zero-order valence-corrected chi connectivity index (χ0v) is 17.7. The van der Waals surface area contributed by atoms with Crippen LogP contribution in [0.15, 0.2) is 67.3 Å². The summed E-state index contributed by atoms with van der Waals surface area (Å²) >= 11 is 0. The van der Waals surface area contributed by atoms with Crippen molar-refractivity contribution in [1.29, 1.82) is 0 Å². The molecule has 0 saturated heterocycles. The van der Waals surface area contributed by atoms with Crippen LogP contribution in [0.1, 0.15) is 24.1 Å². The molecule has 1 N–H and O–H groups in total. The average molecular weight is 426 g/mol. The molecule has 0 spiro atoms. The maximum Gasteiger partial charge on any atom is 0.246 e. The lowest BCUT2D eigenvalue weighted by molar-refractivity contribution is -0.126. The molecule has 3 rings (SSSR count). The fourth-order valence-corrected chi connectivity index (χ4v) is 3.39. The van der Waals surface area contributed by atoms with Crippen LogP contribution >= 0.6 is 0 Å². The molecular formula is C21H23N5O3S. The molecule has 0 radical (unpaired) electrons. The van der Waals surface area contributed by atoms with Crippen LogP contribution < -0.4 is 4.72 Å². The van der Waals surface area contributed by atoms with Gasteiger partial charge in [-0.05, 0) is 48.4 Å². The van der Waals surface area contributed by atoms with Gasteiger partial charge in [-0.15, -0.1) is 0 Å². The van der Waals surface area contributed by atoms with E-state index in [4.69, 9.17) is 0 Å². The SMILES string of the molecule is CC(c1ccc(-n2cncn2)cc1)N(C)C(=O)/C=C/c1ccc(NS(C)(=O)=O)cc1. The number of benzene rings is 2. The maximum atomic E-state index is 12.6. The summed E-state index contributed by atoms with van der Waals surface area (Å²) in [6.07, 6.45) is 7.40. The molecule has 156 valence electrons. The Balaban J connectivity index is 1.63. The van der Waals surface area contributed by atoms with E-state index in [-0.39, 0.29) is 11.9 Å². The topological polar surface area (TPSA) is 97.2 Å². The number of hydrogen-bond donors (Lipinski definition) is 1. The maximum absolute atomic E-state index is 12.6. The number of nitrogens with one attached hydrogen (secondary N) is 1. The lowest BCUT2D eigenvalue weighted by Crippen LogP contribution is -2.27. The van der Waals surface area contributed by atoms with Crippen molar-refractivity contribution in [1.82, 2.24) is 19.7 Å². The molecule has 1 amide bonds. The molecular weight excluding hydrogens is 402 g/mol. The first kappa shape index (κ1) is 21.3. The van der Waals surface area contributed by atoms with Crippen molar-refractivity contribution in [2.75, 3.05) is 18.0 Å². The molecule has 3 aromatic rings. The van der Waals surface area contributed by atoms with Crippen LogP contribution in [0.2, 0.25) is 0 Å². The van der Waals surface area contributed by atoms with Gasteiger partial charge in [0.25, 0.3) is 0 Å². The van der Waals surface area contributed by atoms with Crippen molar-refractivity contribution >= 4 is 27.7 Å². The van der Waals surface area contributed by atoms with E-state index >= 15 is 0 Å². The van der Waals surface area contributed by atoms with E-state index in [2.05, 4.69) is 14.8 Å². The normalized spacial score (nSPS) is 12.6. The molecule has 8 nitrogen and oxygen atoms in total. The Morgan fingerprint density at radius 1 is 1.13 bits per heavy atom. The summed E-state index contributed by atoms with van der Waals surface area (Å²) < 4.78 is 26.6. The molecule has 1 unspecified atom stereocenters. The number of anilines is 1. The first-order chi connectivity index (χ1) is 14.2. The van der Waals surface area contributed by atoms with Crippen LogP contribution in [0.3, 0.4) is 0 Å². The molecule has 1 atom stereocenters. The van der Waals surface area contributed by atoms with Gasteiger partial charge in [0.15, 0.2) is 0 Å². The summed E-state index contributed by atoms with van der Waals surface area (Å²) in [5, 5.41) is 4.10. The molecule has 0 bridgehead atoms. The first-order valence-corrected chi connectivity index (χ1v) is 11.1. The second kappa shape index (κ2) is 8.91. The van der Waals surface area contributed by atoms with Crippen LogP contribution in [0.4, 0.5) is 5.69 Å². The molecule has 2 aromatic carbocycles. The Hall–Kier alpha value is -3.46. The lowest BCUT2D eigenvalue weighted by Gasteiger charge is -2.24. The van der Waals surface area contributed by atoms with Gasteiger partial charge in [0.2, 0.25) is 15.9 Å². The smallest absolute Gasteiger partial charge is 0.246 e. The predicted molar refractivity (Wildman–Crippen MR) is 116 cm³/mol. The highest BCUT2D eigenvalue weighted by molar-refractivity contribution is 7.92. The van der Waals surface area contributed by atoms with Crippen molar-refractivity contribution in [2.24, 2.45) is 0 Å². The molecule has 1 heterocycles. The molecule has 0 saturated carbocycles. The zero-order valence-electron chi connectivity index (χ0n) is 16.9. The van der Waals surface area contributed by atoms with Crippen LogP contribution in [0.5, 0.6) is 0 Å². The number of rotatable bonds is 7. The number of aromatic nitrogens is 3. The largest absolute Gasteiger partial charge is 0.335 e. The third-order valence-corrected chi connectivity index (χ3v) is 5.23. The number of carbonyl (C=O) groups excluding carboxylic acids is 1. The Bertz CT molecular complexity index is 1120. The van der Waals surface area contributed by atoms with Gasteiger partial charge >= 0.3 is 0 Å². The number of nitrogens with zero attached hydrogens (tertiary/aromatic N) is 4. The highest BCUT2D eigenvalue weighted by atomic mass is 32.2. The number of amides is 1. The summed E-state index contributed by atoms with van der Waals surface area (Å²) in [5.74, 6) is -0.138. The fraction of sp³-hybridized carbons (Fsp3) is 0.190. The van der Waals surface area contributed by atoms with E-state index in [0.717, 1.165) is 23.1 Å². The van der Waals surface area contributed by atoms with Gasteiger partial charge in [0.05, 0.1) is 18.0 Å². The Morgan fingerprint density at radius 2 is 1.80 bits per heavy atom. The van der Waals surface area contributed by atoms with Gasteiger partial charge in [0.1, 0.15) is 12.7 Å². The quantitative estimate of drug-likeness (QED) is 0.587. The van der Waals surface area contributed by atoms with Gasteiger partial charge in [-0.25, -0.2) is 18.1 Å². The average Bonchev–Trinajstić information content (AvgIpc) is 3.26. The van der Waals surface area contributed by atoms with E-state index in [1.165, 1.54) is 12.4 Å². The summed E-state index contributed by atoms with van der Waals surface area (Å²) in [5.41, 5.74) is 3.16. The van der Waals surface area contributed by atoms with E-state index in [1.807, 2.05) is 31.2 Å². The lowest BCUT2D eigenvalue weighted by atomic mass is 10.1. The van der Waals surface area contributed by atoms with Crippen LogP contribution in [0, 0.1) is 0 Å². The molecule has 9 heteroatoms. The van der Waals surface area contributed by atoms with Crippen molar-refractivity contribution in [3.8, 4) is 5.69 Å². The minimum absolute atomic E-state index is 0.117. The minimum Gasteiger partial charge on any atom is -0.335 e. The predicted octanol–water partition coefficient (Wildman–Crippen LogP) is 2.87. The number of sulfonamides is 1. The number of likely N-dealkylation sites (N-methyl/N-ethyl adjacent to an activating group) is 1. The summed E-state index contributed by atoms with van der Waals surface area (Å²) in [4.78, 5) is 18.2. The molecule has 0 aliphatic carbocycles. The van der Waals surface area contributed by atoms with Crippen molar-refractivity contribution < 1.29 is 13.2 Å². The second-order valence-electron chi connectivity index (χ2n) is 6.89. The Morgan fingerprint density at radius 3 is 2.37 bits per heavy atom. The third kappa shape index (κ3) is 5.54. The Kier molecular flexibility index (Phi) is 6.31. The zero-order chi connectivity index (χ0) is 21.7. The molecule has 0 fully saturated rings. The Labute approximate surface area is 175 Å². The van der Waals surface area contributed by atoms with Gasteiger partial charge in [-0.2, -0.15) is 5.10 Å². The number of hydrogen-bond acceptors (Lipinski definition) is 5. The van der Waals surface area contributed by atoms with Crippen LogP contribution in [-0.2, 0) is 14.8 Å². The van der Waals surface area contributed by atoms with Crippen molar-refractivity contribution in [3.05, 3.63) is 78.4 Å². The highest BCUT2D eigenvalue weighted by Crippen LogP contribution is 2.21. The minimum atomic E-state index is -3.32. The molecule has 0 aliphatic rings. The fourth-order valence-electron chi connectivity index (χ4n) is 2.82. The molecule has 1 aromatic heterocycles. The standard InChI is InChI=1S/C21H23N5O3S/c1-16(18-7-11-20(12-8-18)26-15-22-14-23-26)25(2)21(27)13-6-17-4-9-19(10-5-17)24-30(3,28)29/h4-16,24H,1-3H3/b13-6+. The first-order valence-electron chi connectivity index (χ1n) is 9.20. The van der Waals surface area contributed by atoms with Gasteiger partial charge in [0, 0.05) is 18.8 Å². The highest BCUT2D eigenvalue weighted by Gasteiger charge is 2.15. The van der Waals surface area contributed by atoms with E-state index in [9.17, 15) is 13.2 Å². The monoisotopic (exact) mass is 425 g/mol. The summed E-state index contributed by atoms with van der Waals surface area (Å²) in [6, 6.07) is 14.4. The summed E-state index contributed by atoms with van der Waals surface area (Å²) in [6.45, 7) is 1.96. The second-order valence-corrected chi connectivity index (χ2v) is 8.63. The van der Waals surface area contributed by atoms with Crippen LogP contribution in [0.25, 0.3) is 11.8 Å². The van der Waals surface area contributed by atoms with Gasteiger partial charge in [-0.1, -0.05) is 24.3 Å². The van der Waals surface area contributed by atoms with E-state index in [1.54, 1.807) is 53.3 Å². The molecule has 0 aliphatic heterocycles.